The first-order chi connectivity index (χ1) is 7.18. The van der Waals surface area contributed by atoms with Gasteiger partial charge in [0.05, 0.1) is 4.92 Å². The van der Waals surface area contributed by atoms with E-state index >= 15 is 0 Å². The first kappa shape index (κ1) is 9.67. The van der Waals surface area contributed by atoms with Crippen LogP contribution in [0.4, 0.5) is 5.69 Å². The molecular weight excluding hydrogens is 214 g/mol. The third kappa shape index (κ3) is 1.82. The smallest absolute Gasteiger partial charge is 0.310 e. The first-order valence-electron chi connectivity index (χ1n) is 4.18. The van der Waals surface area contributed by atoms with Crippen LogP contribution in [0.5, 0.6) is 5.75 Å². The molecule has 0 bridgehead atoms. The van der Waals surface area contributed by atoms with Crippen molar-refractivity contribution in [1.29, 1.82) is 0 Å². The molecule has 0 amide bonds. The number of phenolic OH excluding ortho intramolecular Hbond substituents is 1. The number of hydrogen-bond donors (Lipinski definition) is 1. The average Bonchev–Trinajstić information content (AvgIpc) is 2.69. The van der Waals surface area contributed by atoms with E-state index in [1.165, 1.54) is 23.5 Å². The SMILES string of the molecule is O=[N+]([O-])c1ccc(-c2ccsc2)cc1O. The number of phenols is 1. The van der Waals surface area contributed by atoms with Crippen molar-refractivity contribution >= 4 is 17.0 Å². The van der Waals surface area contributed by atoms with E-state index in [1.807, 2.05) is 16.8 Å². The topological polar surface area (TPSA) is 63.4 Å². The third-order valence-corrected chi connectivity index (χ3v) is 2.71. The van der Waals surface area contributed by atoms with Gasteiger partial charge in [0, 0.05) is 6.07 Å². The van der Waals surface area contributed by atoms with Crippen LogP contribution >= 0.6 is 11.3 Å². The highest BCUT2D eigenvalue weighted by Crippen LogP contribution is 2.31. The summed E-state index contributed by atoms with van der Waals surface area (Å²) < 4.78 is 0. The van der Waals surface area contributed by atoms with Gasteiger partial charge in [-0.25, -0.2) is 0 Å². The van der Waals surface area contributed by atoms with E-state index in [1.54, 1.807) is 6.07 Å². The number of hydrogen-bond acceptors (Lipinski definition) is 4. The zero-order chi connectivity index (χ0) is 10.8. The molecule has 76 valence electrons. The quantitative estimate of drug-likeness (QED) is 0.626. The molecule has 1 aromatic carbocycles. The van der Waals surface area contributed by atoms with Crippen molar-refractivity contribution in [3.8, 4) is 16.9 Å². The molecule has 0 spiro atoms. The molecule has 0 atom stereocenters. The molecule has 0 saturated carbocycles. The van der Waals surface area contributed by atoms with Crippen molar-refractivity contribution in [2.24, 2.45) is 0 Å². The fourth-order valence-corrected chi connectivity index (χ4v) is 1.95. The van der Waals surface area contributed by atoms with E-state index in [9.17, 15) is 15.2 Å². The normalized spacial score (nSPS) is 10.1. The molecule has 1 aromatic heterocycles. The molecule has 0 unspecified atom stereocenters. The van der Waals surface area contributed by atoms with E-state index in [0.29, 0.717) is 0 Å². The lowest BCUT2D eigenvalue weighted by Gasteiger charge is -1.99. The number of nitro benzene ring substituents is 1. The minimum Gasteiger partial charge on any atom is -0.502 e. The molecule has 15 heavy (non-hydrogen) atoms. The Labute approximate surface area is 89.6 Å². The van der Waals surface area contributed by atoms with E-state index < -0.39 is 4.92 Å². The first-order valence-corrected chi connectivity index (χ1v) is 5.13. The standard InChI is InChI=1S/C10H7NO3S/c12-10-5-7(8-3-4-15-6-8)1-2-9(10)11(13)14/h1-6,12H. The summed E-state index contributed by atoms with van der Waals surface area (Å²) in [6.45, 7) is 0. The van der Waals surface area contributed by atoms with Gasteiger partial charge in [-0.05, 0) is 40.1 Å². The van der Waals surface area contributed by atoms with Crippen molar-refractivity contribution in [3.05, 3.63) is 45.1 Å². The number of benzene rings is 1. The zero-order valence-corrected chi connectivity index (χ0v) is 8.40. The molecule has 0 aliphatic carbocycles. The molecule has 4 nitrogen and oxygen atoms in total. The lowest BCUT2D eigenvalue weighted by Crippen LogP contribution is -1.88. The number of nitrogens with zero attached hydrogens (tertiary/aromatic N) is 1. The molecule has 0 fully saturated rings. The highest BCUT2D eigenvalue weighted by Gasteiger charge is 2.13. The number of thiophene rings is 1. The lowest BCUT2D eigenvalue weighted by atomic mass is 10.1. The molecule has 0 aliphatic rings. The van der Waals surface area contributed by atoms with Gasteiger partial charge in [-0.1, -0.05) is 0 Å². The molecule has 5 heteroatoms. The summed E-state index contributed by atoms with van der Waals surface area (Å²) >= 11 is 1.54. The van der Waals surface area contributed by atoms with Crippen LogP contribution in [-0.2, 0) is 0 Å². The Morgan fingerprint density at radius 2 is 2.07 bits per heavy atom. The monoisotopic (exact) mass is 221 g/mol. The van der Waals surface area contributed by atoms with Crippen LogP contribution in [0, 0.1) is 10.1 Å². The molecule has 2 aromatic rings. The second-order valence-electron chi connectivity index (χ2n) is 2.97. The van der Waals surface area contributed by atoms with Crippen molar-refractivity contribution < 1.29 is 10.0 Å². The van der Waals surface area contributed by atoms with Gasteiger partial charge in [-0.2, -0.15) is 11.3 Å². The van der Waals surface area contributed by atoms with Gasteiger partial charge in [0.1, 0.15) is 0 Å². The van der Waals surface area contributed by atoms with Gasteiger partial charge in [0.25, 0.3) is 0 Å². The maximum Gasteiger partial charge on any atom is 0.310 e. The summed E-state index contributed by atoms with van der Waals surface area (Å²) in [5.74, 6) is -0.302. The zero-order valence-electron chi connectivity index (χ0n) is 7.58. The number of rotatable bonds is 2. The summed E-state index contributed by atoms with van der Waals surface area (Å²) in [5.41, 5.74) is 1.46. The molecule has 0 saturated heterocycles. The van der Waals surface area contributed by atoms with Crippen molar-refractivity contribution in [3.63, 3.8) is 0 Å². The predicted octanol–water partition coefficient (Wildman–Crippen LogP) is 3.03. The highest BCUT2D eigenvalue weighted by atomic mass is 32.1. The minimum atomic E-state index is -0.604. The van der Waals surface area contributed by atoms with Gasteiger partial charge in [-0.3, -0.25) is 10.1 Å². The Hall–Kier alpha value is -1.88. The fourth-order valence-electron chi connectivity index (χ4n) is 1.29. The second-order valence-corrected chi connectivity index (χ2v) is 3.75. The highest BCUT2D eigenvalue weighted by molar-refractivity contribution is 7.08. The molecular formula is C10H7NO3S. The second kappa shape index (κ2) is 3.70. The summed E-state index contributed by atoms with van der Waals surface area (Å²) in [5, 5.41) is 23.7. The summed E-state index contributed by atoms with van der Waals surface area (Å²) in [6.07, 6.45) is 0. The molecule has 0 radical (unpaired) electrons. The minimum absolute atomic E-state index is 0.269. The molecule has 2 rings (SSSR count). The molecule has 1 heterocycles. The van der Waals surface area contributed by atoms with Crippen LogP contribution in [0.25, 0.3) is 11.1 Å². The van der Waals surface area contributed by atoms with Crippen molar-refractivity contribution in [2.45, 2.75) is 0 Å². The fraction of sp³-hybridized carbons (Fsp3) is 0. The van der Waals surface area contributed by atoms with Gasteiger partial charge in [-0.15, -0.1) is 0 Å². The summed E-state index contributed by atoms with van der Waals surface area (Å²) in [4.78, 5) is 9.86. The maximum atomic E-state index is 10.5. The average molecular weight is 221 g/mol. The number of aromatic hydroxyl groups is 1. The summed E-state index contributed by atoms with van der Waals surface area (Å²) in [6, 6.07) is 6.23. The van der Waals surface area contributed by atoms with Crippen LogP contribution < -0.4 is 0 Å². The Bertz CT molecular complexity index is 493. The molecule has 1 N–H and O–H groups in total. The lowest BCUT2D eigenvalue weighted by molar-refractivity contribution is -0.385. The predicted molar refractivity (Wildman–Crippen MR) is 58.1 cm³/mol. The van der Waals surface area contributed by atoms with E-state index in [0.717, 1.165) is 11.1 Å². The van der Waals surface area contributed by atoms with E-state index in [-0.39, 0.29) is 11.4 Å². The Kier molecular flexibility index (Phi) is 2.39. The van der Waals surface area contributed by atoms with Crippen molar-refractivity contribution in [1.82, 2.24) is 0 Å². The van der Waals surface area contributed by atoms with Crippen molar-refractivity contribution in [2.75, 3.05) is 0 Å². The number of nitro groups is 1. The Morgan fingerprint density at radius 3 is 2.60 bits per heavy atom. The Morgan fingerprint density at radius 1 is 1.27 bits per heavy atom. The van der Waals surface area contributed by atoms with Gasteiger partial charge < -0.3 is 5.11 Å². The van der Waals surface area contributed by atoms with Crippen LogP contribution in [0.3, 0.4) is 0 Å². The van der Waals surface area contributed by atoms with Gasteiger partial charge in [0.15, 0.2) is 5.75 Å². The van der Waals surface area contributed by atoms with Crippen LogP contribution in [0.15, 0.2) is 35.0 Å². The largest absolute Gasteiger partial charge is 0.502 e. The van der Waals surface area contributed by atoms with E-state index in [4.69, 9.17) is 0 Å². The van der Waals surface area contributed by atoms with Crippen LogP contribution in [0.2, 0.25) is 0 Å². The maximum absolute atomic E-state index is 10.5. The van der Waals surface area contributed by atoms with Crippen LogP contribution in [-0.4, -0.2) is 10.0 Å². The van der Waals surface area contributed by atoms with Gasteiger partial charge in [0.2, 0.25) is 0 Å². The van der Waals surface area contributed by atoms with Gasteiger partial charge >= 0.3 is 5.69 Å². The van der Waals surface area contributed by atoms with E-state index in [2.05, 4.69) is 0 Å². The van der Waals surface area contributed by atoms with Crippen LogP contribution in [0.1, 0.15) is 0 Å². The Balaban J connectivity index is 2.47. The molecule has 0 aliphatic heterocycles. The third-order valence-electron chi connectivity index (χ3n) is 2.03. The summed E-state index contributed by atoms with van der Waals surface area (Å²) in [7, 11) is 0.